The Labute approximate surface area is 165 Å². The van der Waals surface area contributed by atoms with Crippen molar-refractivity contribution >= 4 is 63.4 Å². The SMILES string of the molecule is Cn1cc(C=C2C(=O)NC(=S)N(c3cccc(Cl)c3)C2=O)c2ccccc21. The number of amides is 2. The van der Waals surface area contributed by atoms with Gasteiger partial charge in [0.25, 0.3) is 11.8 Å². The van der Waals surface area contributed by atoms with Crippen LogP contribution < -0.4 is 10.2 Å². The number of halogens is 1. The van der Waals surface area contributed by atoms with E-state index in [1.54, 1.807) is 30.3 Å². The number of benzene rings is 2. The number of anilines is 1. The molecule has 1 saturated heterocycles. The number of aryl methyl sites for hydroxylation is 1. The van der Waals surface area contributed by atoms with E-state index in [4.69, 9.17) is 23.8 Å². The normalized spacial score (nSPS) is 16.3. The molecule has 7 heteroatoms. The van der Waals surface area contributed by atoms with E-state index in [1.165, 1.54) is 4.90 Å². The van der Waals surface area contributed by atoms with E-state index in [0.717, 1.165) is 16.5 Å². The summed E-state index contributed by atoms with van der Waals surface area (Å²) in [5.74, 6) is -1.00. The first-order valence-corrected chi connectivity index (χ1v) is 8.95. The first-order valence-electron chi connectivity index (χ1n) is 8.17. The molecule has 1 aliphatic rings. The molecule has 0 saturated carbocycles. The second-order valence-electron chi connectivity index (χ2n) is 6.15. The van der Waals surface area contributed by atoms with Gasteiger partial charge in [0, 0.05) is 34.7 Å². The molecule has 2 amide bonds. The maximum absolute atomic E-state index is 13.1. The van der Waals surface area contributed by atoms with Gasteiger partial charge in [-0.05, 0) is 42.6 Å². The van der Waals surface area contributed by atoms with E-state index in [9.17, 15) is 9.59 Å². The Balaban J connectivity index is 1.82. The van der Waals surface area contributed by atoms with Crippen LogP contribution in [0.15, 0.2) is 60.3 Å². The fraction of sp³-hybridized carbons (Fsp3) is 0.0500. The van der Waals surface area contributed by atoms with E-state index in [-0.39, 0.29) is 10.7 Å². The lowest BCUT2D eigenvalue weighted by atomic mass is 10.1. The molecule has 1 aliphatic heterocycles. The number of nitrogens with zero attached hydrogens (tertiary/aromatic N) is 2. The first kappa shape index (κ1) is 17.5. The number of nitrogens with one attached hydrogen (secondary N) is 1. The highest BCUT2D eigenvalue weighted by molar-refractivity contribution is 7.80. The molecule has 1 aromatic heterocycles. The summed E-state index contributed by atoms with van der Waals surface area (Å²) in [5, 5.41) is 4.04. The van der Waals surface area contributed by atoms with Crippen LogP contribution in [0.25, 0.3) is 17.0 Å². The van der Waals surface area contributed by atoms with E-state index >= 15 is 0 Å². The molecule has 0 radical (unpaired) electrons. The minimum Gasteiger partial charge on any atom is -0.350 e. The summed E-state index contributed by atoms with van der Waals surface area (Å²) in [5.41, 5.74) is 2.31. The third-order valence-electron chi connectivity index (χ3n) is 4.40. The van der Waals surface area contributed by atoms with E-state index < -0.39 is 11.8 Å². The fourth-order valence-corrected chi connectivity index (χ4v) is 3.62. The van der Waals surface area contributed by atoms with E-state index in [0.29, 0.717) is 10.7 Å². The number of aromatic nitrogens is 1. The van der Waals surface area contributed by atoms with Crippen LogP contribution >= 0.6 is 23.8 Å². The Bertz CT molecular complexity index is 1150. The lowest BCUT2D eigenvalue weighted by Crippen LogP contribution is -2.54. The number of carbonyl (C=O) groups is 2. The van der Waals surface area contributed by atoms with Crippen LogP contribution in [-0.4, -0.2) is 21.5 Å². The fourth-order valence-electron chi connectivity index (χ4n) is 3.15. The molecule has 0 spiro atoms. The highest BCUT2D eigenvalue weighted by atomic mass is 35.5. The number of carbonyl (C=O) groups excluding carboxylic acids is 2. The van der Waals surface area contributed by atoms with Crippen LogP contribution in [-0.2, 0) is 16.6 Å². The van der Waals surface area contributed by atoms with Gasteiger partial charge in [0.15, 0.2) is 5.11 Å². The average Bonchev–Trinajstić information content (AvgIpc) is 2.95. The number of fused-ring (bicyclic) bond motifs is 1. The predicted molar refractivity (Wildman–Crippen MR) is 111 cm³/mol. The zero-order chi connectivity index (χ0) is 19.1. The lowest BCUT2D eigenvalue weighted by Gasteiger charge is -2.29. The smallest absolute Gasteiger partial charge is 0.270 e. The van der Waals surface area contributed by atoms with Gasteiger partial charge in [0.05, 0.1) is 5.69 Å². The predicted octanol–water partition coefficient (Wildman–Crippen LogP) is 3.66. The number of hydrogen-bond donors (Lipinski definition) is 1. The molecular weight excluding hydrogens is 382 g/mol. The largest absolute Gasteiger partial charge is 0.350 e. The summed E-state index contributed by atoms with van der Waals surface area (Å²) in [4.78, 5) is 26.8. The van der Waals surface area contributed by atoms with Crippen LogP contribution in [0, 0.1) is 0 Å². The molecule has 3 aromatic rings. The molecule has 0 aliphatic carbocycles. The zero-order valence-electron chi connectivity index (χ0n) is 14.3. The molecule has 134 valence electrons. The van der Waals surface area contributed by atoms with Gasteiger partial charge in [-0.2, -0.15) is 0 Å². The number of thiocarbonyl (C=S) groups is 1. The van der Waals surface area contributed by atoms with Gasteiger partial charge in [0.2, 0.25) is 0 Å². The Morgan fingerprint density at radius 2 is 1.89 bits per heavy atom. The van der Waals surface area contributed by atoms with Crippen molar-refractivity contribution in [3.8, 4) is 0 Å². The van der Waals surface area contributed by atoms with Gasteiger partial charge < -0.3 is 4.57 Å². The van der Waals surface area contributed by atoms with Crippen LogP contribution in [0.3, 0.4) is 0 Å². The Kier molecular flexibility index (Phi) is 4.30. The lowest BCUT2D eigenvalue weighted by molar-refractivity contribution is -0.122. The van der Waals surface area contributed by atoms with Gasteiger partial charge in [-0.25, -0.2) is 0 Å². The van der Waals surface area contributed by atoms with Gasteiger partial charge in [-0.3, -0.25) is 19.8 Å². The third kappa shape index (κ3) is 3.03. The molecule has 2 aromatic carbocycles. The third-order valence-corrected chi connectivity index (χ3v) is 4.92. The van der Waals surface area contributed by atoms with Crippen molar-refractivity contribution in [3.05, 3.63) is 70.9 Å². The first-order chi connectivity index (χ1) is 13.0. The quantitative estimate of drug-likeness (QED) is 0.409. The summed E-state index contributed by atoms with van der Waals surface area (Å²) in [6.07, 6.45) is 3.48. The minimum atomic E-state index is -0.517. The molecule has 5 nitrogen and oxygen atoms in total. The summed E-state index contributed by atoms with van der Waals surface area (Å²) in [7, 11) is 1.92. The van der Waals surface area contributed by atoms with E-state index in [2.05, 4.69) is 5.32 Å². The van der Waals surface area contributed by atoms with Gasteiger partial charge in [-0.1, -0.05) is 35.9 Å². The Morgan fingerprint density at radius 1 is 1.11 bits per heavy atom. The molecule has 0 atom stereocenters. The van der Waals surface area contributed by atoms with Gasteiger partial charge in [0.1, 0.15) is 5.57 Å². The van der Waals surface area contributed by atoms with Crippen molar-refractivity contribution in [3.63, 3.8) is 0 Å². The summed E-state index contributed by atoms with van der Waals surface area (Å²) in [6, 6.07) is 14.5. The minimum absolute atomic E-state index is 0.0138. The Hall–Kier alpha value is -2.96. The number of para-hydroxylation sites is 1. The standard InChI is InChI=1S/C20H14ClN3O2S/c1-23-11-12(15-7-2-3-8-17(15)23)9-16-18(25)22-20(27)24(19(16)26)14-6-4-5-13(21)10-14/h2-11H,1H3,(H,22,25,27). The Morgan fingerprint density at radius 3 is 2.67 bits per heavy atom. The van der Waals surface area contributed by atoms with Gasteiger partial charge in [-0.15, -0.1) is 0 Å². The van der Waals surface area contributed by atoms with E-state index in [1.807, 2.05) is 42.1 Å². The van der Waals surface area contributed by atoms with Crippen LogP contribution in [0.2, 0.25) is 5.02 Å². The summed E-state index contributed by atoms with van der Waals surface area (Å²) < 4.78 is 1.95. The number of rotatable bonds is 2. The molecule has 2 heterocycles. The van der Waals surface area contributed by atoms with Crippen LogP contribution in [0.4, 0.5) is 5.69 Å². The molecule has 1 fully saturated rings. The van der Waals surface area contributed by atoms with Crippen molar-refractivity contribution in [2.24, 2.45) is 7.05 Å². The maximum Gasteiger partial charge on any atom is 0.270 e. The summed E-state index contributed by atoms with van der Waals surface area (Å²) >= 11 is 11.2. The van der Waals surface area contributed by atoms with Crippen molar-refractivity contribution in [2.45, 2.75) is 0 Å². The summed E-state index contributed by atoms with van der Waals surface area (Å²) in [6.45, 7) is 0. The zero-order valence-corrected chi connectivity index (χ0v) is 15.8. The molecule has 27 heavy (non-hydrogen) atoms. The molecule has 0 unspecified atom stereocenters. The molecule has 0 bridgehead atoms. The van der Waals surface area contributed by atoms with Crippen LogP contribution in [0.1, 0.15) is 5.56 Å². The average molecular weight is 396 g/mol. The molecule has 4 rings (SSSR count). The topological polar surface area (TPSA) is 54.3 Å². The number of hydrogen-bond acceptors (Lipinski definition) is 3. The highest BCUT2D eigenvalue weighted by Crippen LogP contribution is 2.27. The van der Waals surface area contributed by atoms with Crippen molar-refractivity contribution in [1.82, 2.24) is 9.88 Å². The second kappa shape index (κ2) is 6.64. The second-order valence-corrected chi connectivity index (χ2v) is 6.97. The van der Waals surface area contributed by atoms with Crippen LogP contribution in [0.5, 0.6) is 0 Å². The highest BCUT2D eigenvalue weighted by Gasteiger charge is 2.34. The molecular formula is C20H14ClN3O2S. The monoisotopic (exact) mass is 395 g/mol. The van der Waals surface area contributed by atoms with Crippen molar-refractivity contribution in [1.29, 1.82) is 0 Å². The maximum atomic E-state index is 13.1. The molecule has 1 N–H and O–H groups in total. The van der Waals surface area contributed by atoms with Gasteiger partial charge >= 0.3 is 0 Å². The van der Waals surface area contributed by atoms with Crippen molar-refractivity contribution < 1.29 is 9.59 Å². The van der Waals surface area contributed by atoms with Crippen molar-refractivity contribution in [2.75, 3.05) is 4.90 Å².